The van der Waals surface area contributed by atoms with E-state index in [4.69, 9.17) is 14.5 Å². The Labute approximate surface area is 152 Å². The number of nitrogens with one attached hydrogen (secondary N) is 1. The van der Waals surface area contributed by atoms with Crippen LogP contribution in [0.4, 0.5) is 0 Å². The maximum Gasteiger partial charge on any atom is 0.264 e. The smallest absolute Gasteiger partial charge is 0.264 e. The van der Waals surface area contributed by atoms with Gasteiger partial charge in [-0.05, 0) is 55.3 Å². The summed E-state index contributed by atoms with van der Waals surface area (Å²) < 4.78 is 10.9. The van der Waals surface area contributed by atoms with Crippen LogP contribution in [0.5, 0.6) is 11.5 Å². The van der Waals surface area contributed by atoms with Crippen LogP contribution in [0.3, 0.4) is 0 Å². The molecule has 0 atom stereocenters. The number of rotatable bonds is 5. The van der Waals surface area contributed by atoms with E-state index in [-0.39, 0.29) is 5.91 Å². The van der Waals surface area contributed by atoms with Crippen LogP contribution in [-0.2, 0) is 4.79 Å². The molecule has 0 unspecified atom stereocenters. The van der Waals surface area contributed by atoms with Gasteiger partial charge in [-0.15, -0.1) is 0 Å². The number of carbonyl (C=O) groups excluding carboxylic acids is 1. The predicted octanol–water partition coefficient (Wildman–Crippen LogP) is 3.99. The highest BCUT2D eigenvalue weighted by molar-refractivity contribution is 8.18. The van der Waals surface area contributed by atoms with Crippen LogP contribution in [0.1, 0.15) is 44.6 Å². The molecule has 0 bridgehead atoms. The summed E-state index contributed by atoms with van der Waals surface area (Å²) in [7, 11) is 1.62. The summed E-state index contributed by atoms with van der Waals surface area (Å²) in [5.74, 6) is 1.28. The van der Waals surface area contributed by atoms with Gasteiger partial charge in [-0.3, -0.25) is 9.79 Å². The van der Waals surface area contributed by atoms with E-state index >= 15 is 0 Å². The van der Waals surface area contributed by atoms with Crippen LogP contribution in [0.25, 0.3) is 6.08 Å². The maximum atomic E-state index is 12.2. The molecule has 1 amide bonds. The van der Waals surface area contributed by atoms with E-state index in [1.54, 1.807) is 7.11 Å². The molecule has 1 saturated heterocycles. The number of thioether (sulfide) groups is 1. The molecule has 3 rings (SSSR count). The fraction of sp³-hybridized carbons (Fsp3) is 0.474. The van der Waals surface area contributed by atoms with Crippen molar-refractivity contribution < 1.29 is 14.3 Å². The minimum atomic E-state index is -0.0895. The number of methoxy groups -OCH3 is 1. The second-order valence-electron chi connectivity index (χ2n) is 6.13. The summed E-state index contributed by atoms with van der Waals surface area (Å²) in [5.41, 5.74) is 0.904. The Morgan fingerprint density at radius 3 is 2.80 bits per heavy atom. The van der Waals surface area contributed by atoms with Crippen LogP contribution in [0.2, 0.25) is 0 Å². The summed E-state index contributed by atoms with van der Waals surface area (Å²) in [4.78, 5) is 17.6. The highest BCUT2D eigenvalue weighted by Gasteiger charge is 2.25. The lowest BCUT2D eigenvalue weighted by Crippen LogP contribution is -2.22. The standard InChI is InChI=1S/C19H24N2O3S/c1-3-24-16-11-13(9-10-15(16)23-2)12-17-18(22)21-19(25-17)20-14-7-5-4-6-8-14/h9-12,14H,3-8H2,1-2H3,(H,20,21,22). The fourth-order valence-electron chi connectivity index (χ4n) is 3.07. The zero-order valence-electron chi connectivity index (χ0n) is 14.7. The molecule has 1 N–H and O–H groups in total. The Morgan fingerprint density at radius 1 is 1.28 bits per heavy atom. The average Bonchev–Trinajstić information content (AvgIpc) is 2.95. The third-order valence-corrected chi connectivity index (χ3v) is 5.23. The van der Waals surface area contributed by atoms with Crippen molar-refractivity contribution in [2.45, 2.75) is 45.1 Å². The summed E-state index contributed by atoms with van der Waals surface area (Å²) in [6, 6.07) is 6.01. The third kappa shape index (κ3) is 4.57. The lowest BCUT2D eigenvalue weighted by atomic mass is 9.96. The zero-order valence-corrected chi connectivity index (χ0v) is 15.5. The molecule has 1 saturated carbocycles. The summed E-state index contributed by atoms with van der Waals surface area (Å²) in [6.07, 6.45) is 7.87. The lowest BCUT2D eigenvalue weighted by molar-refractivity contribution is -0.115. The first-order valence-corrected chi connectivity index (χ1v) is 9.60. The number of aliphatic imine (C=N–C) groups is 1. The van der Waals surface area contributed by atoms with Gasteiger partial charge in [0.2, 0.25) is 0 Å². The first kappa shape index (κ1) is 17.9. The highest BCUT2D eigenvalue weighted by Crippen LogP contribution is 2.32. The van der Waals surface area contributed by atoms with E-state index in [0.717, 1.165) is 23.6 Å². The lowest BCUT2D eigenvalue weighted by Gasteiger charge is -2.17. The number of amides is 1. The molecule has 1 heterocycles. The molecule has 2 fully saturated rings. The van der Waals surface area contributed by atoms with Gasteiger partial charge in [0.05, 0.1) is 24.7 Å². The van der Waals surface area contributed by atoms with Gasteiger partial charge in [0.25, 0.3) is 5.91 Å². The Hall–Kier alpha value is -1.95. The van der Waals surface area contributed by atoms with Crippen molar-refractivity contribution in [2.24, 2.45) is 4.99 Å². The Kier molecular flexibility index (Phi) is 6.02. The van der Waals surface area contributed by atoms with Crippen LogP contribution < -0.4 is 14.8 Å². The fourth-order valence-corrected chi connectivity index (χ4v) is 3.96. The van der Waals surface area contributed by atoms with Gasteiger partial charge in [0.1, 0.15) is 0 Å². The van der Waals surface area contributed by atoms with E-state index in [0.29, 0.717) is 29.1 Å². The van der Waals surface area contributed by atoms with Crippen LogP contribution in [0.15, 0.2) is 28.1 Å². The third-order valence-electron chi connectivity index (χ3n) is 4.31. The van der Waals surface area contributed by atoms with Gasteiger partial charge in [0, 0.05) is 0 Å². The maximum absolute atomic E-state index is 12.2. The number of benzene rings is 1. The molecule has 1 aliphatic carbocycles. The Bertz CT molecular complexity index is 694. The molecule has 0 spiro atoms. The number of nitrogens with zero attached hydrogens (tertiary/aromatic N) is 1. The van der Waals surface area contributed by atoms with Crippen LogP contribution in [-0.4, -0.2) is 30.8 Å². The molecule has 134 valence electrons. The van der Waals surface area contributed by atoms with Gasteiger partial charge in [-0.2, -0.15) is 0 Å². The molecule has 0 radical (unpaired) electrons. The minimum Gasteiger partial charge on any atom is -0.493 e. The van der Waals surface area contributed by atoms with E-state index in [2.05, 4.69) is 5.32 Å². The molecule has 25 heavy (non-hydrogen) atoms. The first-order valence-electron chi connectivity index (χ1n) is 8.79. The second-order valence-corrected chi connectivity index (χ2v) is 7.16. The second kappa shape index (κ2) is 8.43. The number of hydrogen-bond donors (Lipinski definition) is 1. The molecule has 1 aliphatic heterocycles. The van der Waals surface area contributed by atoms with Crippen molar-refractivity contribution in [2.75, 3.05) is 13.7 Å². The molecule has 1 aromatic rings. The van der Waals surface area contributed by atoms with Gasteiger partial charge < -0.3 is 14.8 Å². The van der Waals surface area contributed by atoms with Gasteiger partial charge in [0.15, 0.2) is 16.7 Å². The van der Waals surface area contributed by atoms with E-state index < -0.39 is 0 Å². The van der Waals surface area contributed by atoms with E-state index in [1.165, 1.54) is 31.0 Å². The molecule has 1 aromatic carbocycles. The van der Waals surface area contributed by atoms with Crippen molar-refractivity contribution in [1.82, 2.24) is 5.32 Å². The van der Waals surface area contributed by atoms with Crippen molar-refractivity contribution in [3.05, 3.63) is 28.7 Å². The first-order chi connectivity index (χ1) is 12.2. The van der Waals surface area contributed by atoms with Crippen LogP contribution >= 0.6 is 11.8 Å². The number of hydrogen-bond acceptors (Lipinski definition) is 5. The predicted molar refractivity (Wildman–Crippen MR) is 102 cm³/mol. The monoisotopic (exact) mass is 360 g/mol. The SMILES string of the molecule is CCOc1cc(C=C2SC(=NC3CCCCC3)NC2=O)ccc1OC. The molecule has 5 nitrogen and oxygen atoms in total. The van der Waals surface area contributed by atoms with Crippen molar-refractivity contribution in [3.63, 3.8) is 0 Å². The molecule has 6 heteroatoms. The average molecular weight is 360 g/mol. The van der Waals surface area contributed by atoms with Gasteiger partial charge >= 0.3 is 0 Å². The Balaban J connectivity index is 1.76. The molecular formula is C19H24N2O3S. The van der Waals surface area contributed by atoms with Crippen LogP contribution in [0, 0.1) is 0 Å². The number of ether oxygens (including phenoxy) is 2. The molecule has 2 aliphatic rings. The highest BCUT2D eigenvalue weighted by atomic mass is 32.2. The van der Waals surface area contributed by atoms with Crippen molar-refractivity contribution in [3.8, 4) is 11.5 Å². The summed E-state index contributed by atoms with van der Waals surface area (Å²) in [6.45, 7) is 2.49. The quantitative estimate of drug-likeness (QED) is 0.807. The van der Waals surface area contributed by atoms with Crippen molar-refractivity contribution in [1.29, 1.82) is 0 Å². The van der Waals surface area contributed by atoms with E-state index in [1.807, 2.05) is 31.2 Å². The van der Waals surface area contributed by atoms with E-state index in [9.17, 15) is 4.79 Å². The van der Waals surface area contributed by atoms with Gasteiger partial charge in [-0.25, -0.2) is 0 Å². The molecular weight excluding hydrogens is 336 g/mol. The van der Waals surface area contributed by atoms with Crippen molar-refractivity contribution >= 4 is 28.9 Å². The summed E-state index contributed by atoms with van der Waals surface area (Å²) in [5, 5.41) is 3.61. The summed E-state index contributed by atoms with van der Waals surface area (Å²) >= 11 is 1.41. The number of carbonyl (C=O) groups is 1. The minimum absolute atomic E-state index is 0.0895. The van der Waals surface area contributed by atoms with Gasteiger partial charge in [-0.1, -0.05) is 25.3 Å². The largest absolute Gasteiger partial charge is 0.493 e. The topological polar surface area (TPSA) is 59.9 Å². The number of amidine groups is 1. The Morgan fingerprint density at radius 2 is 2.08 bits per heavy atom. The normalized spacial score (nSPS) is 21.6. The molecule has 0 aromatic heterocycles. The zero-order chi connectivity index (χ0) is 17.6.